The van der Waals surface area contributed by atoms with Gasteiger partial charge in [0.25, 0.3) is 0 Å². The number of carbonyl (C=O) groups is 1. The molecular weight excluding hydrogens is 412 g/mol. The Bertz CT molecular complexity index is 1440. The Labute approximate surface area is 192 Å². The molecule has 4 aliphatic heterocycles. The predicted molar refractivity (Wildman–Crippen MR) is 125 cm³/mol. The SMILES string of the molecule is C[C@H]1CC(C)(C)N2C(=O)[C@@]3(C(C#N)=C(N)N4C(=C3C#N)Nc3ccccc34)c3cccc1c32. The molecule has 162 valence electrons. The Morgan fingerprint density at radius 3 is 2.55 bits per heavy atom. The average molecular weight is 435 g/mol. The molecule has 0 saturated carbocycles. The molecule has 1 amide bonds. The van der Waals surface area contributed by atoms with E-state index in [1.807, 2.05) is 56.3 Å². The number of nitriles is 2. The summed E-state index contributed by atoms with van der Waals surface area (Å²) in [6.07, 6.45) is 0.778. The Morgan fingerprint density at radius 2 is 1.82 bits per heavy atom. The van der Waals surface area contributed by atoms with Gasteiger partial charge in [0, 0.05) is 11.1 Å². The Kier molecular flexibility index (Phi) is 3.52. The minimum atomic E-state index is -1.58. The molecule has 2 atom stereocenters. The quantitative estimate of drug-likeness (QED) is 0.650. The number of fused-ring (bicyclic) bond motifs is 4. The third-order valence-corrected chi connectivity index (χ3v) is 7.49. The zero-order chi connectivity index (χ0) is 23.3. The van der Waals surface area contributed by atoms with Gasteiger partial charge in [-0.1, -0.05) is 37.3 Å². The van der Waals surface area contributed by atoms with Gasteiger partial charge in [0.15, 0.2) is 5.41 Å². The molecule has 0 fully saturated rings. The summed E-state index contributed by atoms with van der Waals surface area (Å²) in [5.41, 5.74) is 8.91. The summed E-state index contributed by atoms with van der Waals surface area (Å²) in [6.45, 7) is 6.23. The maximum atomic E-state index is 14.5. The van der Waals surface area contributed by atoms with Gasteiger partial charge < -0.3 is 16.0 Å². The van der Waals surface area contributed by atoms with Crippen LogP contribution < -0.4 is 20.9 Å². The van der Waals surface area contributed by atoms with Crippen molar-refractivity contribution in [3.63, 3.8) is 0 Å². The number of benzene rings is 2. The maximum absolute atomic E-state index is 14.5. The number of nitrogens with two attached hydrogens (primary N) is 1. The molecule has 7 heteroatoms. The van der Waals surface area contributed by atoms with Crippen LogP contribution in [0.5, 0.6) is 0 Å². The molecule has 0 unspecified atom stereocenters. The van der Waals surface area contributed by atoms with Crippen LogP contribution in [0.3, 0.4) is 0 Å². The fraction of sp³-hybridized carbons (Fsp3) is 0.269. The first-order valence-electron chi connectivity index (χ1n) is 11.0. The first kappa shape index (κ1) is 19.5. The van der Waals surface area contributed by atoms with E-state index in [2.05, 4.69) is 24.4 Å². The van der Waals surface area contributed by atoms with Crippen molar-refractivity contribution in [3.8, 4) is 12.1 Å². The zero-order valence-corrected chi connectivity index (χ0v) is 18.6. The monoisotopic (exact) mass is 434 g/mol. The van der Waals surface area contributed by atoms with Crippen LogP contribution in [0.1, 0.15) is 44.2 Å². The number of carbonyl (C=O) groups excluding carboxylic acids is 1. The van der Waals surface area contributed by atoms with E-state index in [1.54, 1.807) is 9.80 Å². The fourth-order valence-electron chi connectivity index (χ4n) is 6.29. The maximum Gasteiger partial charge on any atom is 0.249 e. The van der Waals surface area contributed by atoms with Gasteiger partial charge in [-0.2, -0.15) is 10.5 Å². The topological polar surface area (TPSA) is 109 Å². The molecule has 4 heterocycles. The number of rotatable bonds is 0. The van der Waals surface area contributed by atoms with Gasteiger partial charge in [-0.05, 0) is 43.9 Å². The van der Waals surface area contributed by atoms with Crippen LogP contribution in [0.25, 0.3) is 0 Å². The second-order valence-electron chi connectivity index (χ2n) is 9.74. The largest absolute Gasteiger partial charge is 0.384 e. The van der Waals surface area contributed by atoms with Crippen molar-refractivity contribution < 1.29 is 4.79 Å². The summed E-state index contributed by atoms with van der Waals surface area (Å²) >= 11 is 0. The zero-order valence-electron chi connectivity index (χ0n) is 18.6. The van der Waals surface area contributed by atoms with Crippen molar-refractivity contribution in [1.29, 1.82) is 10.5 Å². The van der Waals surface area contributed by atoms with Crippen molar-refractivity contribution in [2.75, 3.05) is 15.1 Å². The highest BCUT2D eigenvalue weighted by molar-refractivity contribution is 6.17. The molecule has 2 aromatic carbocycles. The van der Waals surface area contributed by atoms with Gasteiger partial charge in [-0.15, -0.1) is 0 Å². The van der Waals surface area contributed by atoms with Gasteiger partial charge in [0.05, 0.1) is 28.2 Å². The van der Waals surface area contributed by atoms with Crippen molar-refractivity contribution in [2.24, 2.45) is 5.73 Å². The lowest BCUT2D eigenvalue weighted by Gasteiger charge is -2.44. The van der Waals surface area contributed by atoms with Crippen molar-refractivity contribution in [2.45, 2.75) is 44.1 Å². The van der Waals surface area contributed by atoms with E-state index >= 15 is 0 Å². The third kappa shape index (κ3) is 2.01. The van der Waals surface area contributed by atoms with Crippen LogP contribution in [-0.2, 0) is 10.2 Å². The highest BCUT2D eigenvalue weighted by Crippen LogP contribution is 2.61. The van der Waals surface area contributed by atoms with E-state index < -0.39 is 11.0 Å². The van der Waals surface area contributed by atoms with E-state index in [0.717, 1.165) is 29.0 Å². The fourth-order valence-corrected chi connectivity index (χ4v) is 6.29. The molecule has 3 N–H and O–H groups in total. The molecule has 6 rings (SSSR count). The minimum absolute atomic E-state index is 0.0950. The standard InChI is InChI=1S/C26H22N6O/c1-14-11-25(2,3)32-21-15(14)7-6-8-16(21)26(24(32)33)17(12-27)22(29)31-20-10-5-4-9-19(20)30-23(31)18(26)13-28/h4-10,14,30H,11,29H2,1-3H3/t14-,26+/m0/s1. The summed E-state index contributed by atoms with van der Waals surface area (Å²) in [7, 11) is 0. The first-order chi connectivity index (χ1) is 15.8. The van der Waals surface area contributed by atoms with Gasteiger partial charge in [-0.25, -0.2) is 0 Å². The van der Waals surface area contributed by atoms with Gasteiger partial charge in [-0.3, -0.25) is 9.69 Å². The molecule has 0 aliphatic carbocycles. The van der Waals surface area contributed by atoms with Crippen molar-refractivity contribution >= 4 is 23.0 Å². The molecule has 33 heavy (non-hydrogen) atoms. The number of hydrogen-bond acceptors (Lipinski definition) is 6. The summed E-state index contributed by atoms with van der Waals surface area (Å²) < 4.78 is 0. The first-order valence-corrected chi connectivity index (χ1v) is 11.0. The number of para-hydroxylation sites is 3. The van der Waals surface area contributed by atoms with Gasteiger partial charge in [0.2, 0.25) is 5.91 Å². The average Bonchev–Trinajstić information content (AvgIpc) is 3.28. The summed E-state index contributed by atoms with van der Waals surface area (Å²) in [5, 5.41) is 24.2. The lowest BCUT2D eigenvalue weighted by molar-refractivity contribution is -0.122. The summed E-state index contributed by atoms with van der Waals surface area (Å²) in [5.74, 6) is 0.545. The van der Waals surface area contributed by atoms with Gasteiger partial charge >= 0.3 is 0 Å². The number of nitrogens with zero attached hydrogens (tertiary/aromatic N) is 4. The minimum Gasteiger partial charge on any atom is -0.384 e. The van der Waals surface area contributed by atoms with Crippen LogP contribution in [0, 0.1) is 22.7 Å². The molecule has 1 spiro atoms. The number of nitrogens with one attached hydrogen (secondary N) is 1. The normalized spacial score (nSPS) is 26.0. The van der Waals surface area contributed by atoms with Crippen molar-refractivity contribution in [1.82, 2.24) is 0 Å². The van der Waals surface area contributed by atoms with E-state index in [1.165, 1.54) is 0 Å². The van der Waals surface area contributed by atoms with Gasteiger partial charge in [0.1, 0.15) is 23.8 Å². The van der Waals surface area contributed by atoms with Crippen LogP contribution in [-0.4, -0.2) is 11.4 Å². The highest BCUT2D eigenvalue weighted by Gasteiger charge is 2.65. The van der Waals surface area contributed by atoms with E-state index in [4.69, 9.17) is 5.73 Å². The third-order valence-electron chi connectivity index (χ3n) is 7.49. The lowest BCUT2D eigenvalue weighted by Crippen LogP contribution is -2.55. The van der Waals surface area contributed by atoms with Crippen LogP contribution in [0.4, 0.5) is 17.1 Å². The second-order valence-corrected chi connectivity index (χ2v) is 9.74. The molecule has 7 nitrogen and oxygen atoms in total. The summed E-state index contributed by atoms with van der Waals surface area (Å²) in [4.78, 5) is 18.0. The molecule has 0 saturated heterocycles. The number of hydrogen-bond donors (Lipinski definition) is 2. The van der Waals surface area contributed by atoms with E-state index in [0.29, 0.717) is 11.4 Å². The second kappa shape index (κ2) is 5.96. The highest BCUT2D eigenvalue weighted by atomic mass is 16.2. The molecule has 2 aromatic rings. The molecular formula is C26H22N6O. The van der Waals surface area contributed by atoms with Crippen molar-refractivity contribution in [3.05, 3.63) is 76.4 Å². The van der Waals surface area contributed by atoms with Crippen LogP contribution >= 0.6 is 0 Å². The Balaban J connectivity index is 1.75. The number of amides is 1. The molecule has 0 aromatic heterocycles. The number of anilines is 3. The van der Waals surface area contributed by atoms with E-state index in [9.17, 15) is 15.3 Å². The smallest absolute Gasteiger partial charge is 0.249 e. The van der Waals surface area contributed by atoms with Crippen LogP contribution in [0.2, 0.25) is 0 Å². The summed E-state index contributed by atoms with van der Waals surface area (Å²) in [6, 6.07) is 17.9. The molecule has 0 radical (unpaired) electrons. The van der Waals surface area contributed by atoms with Crippen LogP contribution in [0.15, 0.2) is 65.3 Å². The van der Waals surface area contributed by atoms with E-state index in [-0.39, 0.29) is 28.8 Å². The Morgan fingerprint density at radius 1 is 1.09 bits per heavy atom. The molecule has 0 bridgehead atoms. The lowest BCUT2D eigenvalue weighted by atomic mass is 9.68. The molecule has 4 aliphatic rings. The predicted octanol–water partition coefficient (Wildman–Crippen LogP) is 3.93. The Hall–Kier alpha value is -4.23.